The molecule has 11 heavy (non-hydrogen) atoms. The monoisotopic (exact) mass is 234 g/mol. The van der Waals surface area contributed by atoms with E-state index in [0.29, 0.717) is 0 Å². The van der Waals surface area contributed by atoms with Gasteiger partial charge in [0.25, 0.3) is 0 Å². The van der Waals surface area contributed by atoms with Gasteiger partial charge in [-0.05, 0) is 5.56 Å². The summed E-state index contributed by atoms with van der Waals surface area (Å²) >= 11 is 8.72. The van der Waals surface area contributed by atoms with E-state index in [2.05, 4.69) is 15.9 Å². The first-order valence-electron chi connectivity index (χ1n) is 3.23. The topological polar surface area (TPSA) is 20.2 Å². The molecule has 0 saturated carbocycles. The first-order chi connectivity index (χ1) is 5.22. The van der Waals surface area contributed by atoms with Gasteiger partial charge in [0.1, 0.15) is 10.4 Å². The third-order valence-corrected chi connectivity index (χ3v) is 2.12. The fourth-order valence-electron chi connectivity index (χ4n) is 0.796. The number of alkyl halides is 2. The van der Waals surface area contributed by atoms with Crippen LogP contribution in [0.3, 0.4) is 0 Å². The second-order valence-electron chi connectivity index (χ2n) is 2.19. The maximum absolute atomic E-state index is 9.42. The van der Waals surface area contributed by atoms with Crippen LogP contribution >= 0.6 is 27.5 Å². The highest BCUT2D eigenvalue weighted by Gasteiger charge is 2.13. The lowest BCUT2D eigenvalue weighted by Gasteiger charge is -2.10. The number of aliphatic hydroxyl groups is 1. The number of aliphatic hydroxyl groups excluding tert-OH is 1. The minimum Gasteiger partial charge on any atom is -0.386 e. The number of hydrogen-bond acceptors (Lipinski definition) is 1. The Morgan fingerprint density at radius 1 is 1.27 bits per heavy atom. The van der Waals surface area contributed by atoms with Crippen LogP contribution < -0.4 is 0 Å². The smallest absolute Gasteiger partial charge is 0.119 e. The van der Waals surface area contributed by atoms with Gasteiger partial charge in [0, 0.05) is 0 Å². The molecular weight excluding hydrogens is 227 g/mol. The zero-order valence-corrected chi connectivity index (χ0v) is 8.09. The lowest BCUT2D eigenvalue weighted by Crippen LogP contribution is -2.04. The van der Waals surface area contributed by atoms with Crippen molar-refractivity contribution in [3.05, 3.63) is 35.9 Å². The second-order valence-corrected chi connectivity index (χ2v) is 4.17. The molecule has 1 N–H and O–H groups in total. The van der Waals surface area contributed by atoms with E-state index >= 15 is 0 Å². The molecule has 0 aliphatic rings. The summed E-state index contributed by atoms with van der Waals surface area (Å²) in [5, 5.41) is 9.42. The average molecular weight is 236 g/mol. The van der Waals surface area contributed by atoms with Crippen molar-refractivity contribution < 1.29 is 5.11 Å². The van der Waals surface area contributed by atoms with E-state index in [1.54, 1.807) is 0 Å². The lowest BCUT2D eigenvalue weighted by molar-refractivity contribution is 0.196. The third-order valence-electron chi connectivity index (χ3n) is 1.38. The molecule has 0 bridgehead atoms. The van der Waals surface area contributed by atoms with Crippen molar-refractivity contribution >= 4 is 27.5 Å². The van der Waals surface area contributed by atoms with Crippen molar-refractivity contribution in [1.82, 2.24) is 0 Å². The Kier molecular flexibility index (Phi) is 3.37. The number of hydrogen-bond donors (Lipinski definition) is 1. The van der Waals surface area contributed by atoms with E-state index in [0.717, 1.165) is 5.56 Å². The predicted molar refractivity (Wildman–Crippen MR) is 50.0 cm³/mol. The van der Waals surface area contributed by atoms with Crippen molar-refractivity contribution in [3.8, 4) is 0 Å². The largest absolute Gasteiger partial charge is 0.386 e. The summed E-state index contributed by atoms with van der Waals surface area (Å²) < 4.78 is -0.426. The Morgan fingerprint density at radius 2 is 1.82 bits per heavy atom. The predicted octanol–water partition coefficient (Wildman–Crippen LogP) is 2.68. The van der Waals surface area contributed by atoms with Gasteiger partial charge >= 0.3 is 0 Å². The summed E-state index contributed by atoms with van der Waals surface area (Å²) in [5.41, 5.74) is 0.823. The van der Waals surface area contributed by atoms with Gasteiger partial charge in [0.15, 0.2) is 0 Å². The number of rotatable bonds is 2. The molecule has 0 radical (unpaired) electrons. The van der Waals surface area contributed by atoms with Crippen LogP contribution in [0.1, 0.15) is 11.7 Å². The highest BCUT2D eigenvalue weighted by Crippen LogP contribution is 2.24. The fourth-order valence-corrected chi connectivity index (χ4v) is 1.25. The van der Waals surface area contributed by atoms with Gasteiger partial charge in [-0.1, -0.05) is 46.3 Å². The maximum atomic E-state index is 9.42. The average Bonchev–Trinajstić information content (AvgIpc) is 2.05. The Bertz CT molecular complexity index is 213. The summed E-state index contributed by atoms with van der Waals surface area (Å²) in [4.78, 5) is 0. The molecule has 1 aromatic rings. The van der Waals surface area contributed by atoms with Gasteiger partial charge in [-0.25, -0.2) is 0 Å². The molecule has 0 fully saturated rings. The summed E-state index contributed by atoms with van der Waals surface area (Å²) in [5.74, 6) is 0. The van der Waals surface area contributed by atoms with Gasteiger partial charge in [-0.2, -0.15) is 0 Å². The van der Waals surface area contributed by atoms with E-state index in [1.807, 2.05) is 30.3 Å². The van der Waals surface area contributed by atoms with Gasteiger partial charge < -0.3 is 5.11 Å². The molecule has 0 amide bonds. The van der Waals surface area contributed by atoms with Crippen LogP contribution in [0, 0.1) is 0 Å². The van der Waals surface area contributed by atoms with E-state index in [-0.39, 0.29) is 0 Å². The van der Waals surface area contributed by atoms with Crippen LogP contribution in [0.4, 0.5) is 0 Å². The van der Waals surface area contributed by atoms with Crippen molar-refractivity contribution in [2.75, 3.05) is 0 Å². The molecule has 2 atom stereocenters. The molecule has 0 aliphatic heterocycles. The quantitative estimate of drug-likeness (QED) is 0.782. The van der Waals surface area contributed by atoms with E-state index in [1.165, 1.54) is 0 Å². The lowest BCUT2D eigenvalue weighted by atomic mass is 10.1. The van der Waals surface area contributed by atoms with Gasteiger partial charge in [0.2, 0.25) is 0 Å². The molecule has 1 aromatic carbocycles. The first-order valence-corrected chi connectivity index (χ1v) is 4.58. The molecule has 3 heteroatoms. The molecule has 0 heterocycles. The van der Waals surface area contributed by atoms with Crippen molar-refractivity contribution in [2.24, 2.45) is 0 Å². The fraction of sp³-hybridized carbons (Fsp3) is 0.250. The summed E-state index contributed by atoms with van der Waals surface area (Å²) in [6.45, 7) is 0. The number of halogens is 2. The van der Waals surface area contributed by atoms with Crippen molar-refractivity contribution in [1.29, 1.82) is 0 Å². The molecular formula is C8H8BrClO. The highest BCUT2D eigenvalue weighted by atomic mass is 79.9. The zero-order valence-electron chi connectivity index (χ0n) is 5.74. The molecule has 1 rings (SSSR count). The van der Waals surface area contributed by atoms with Crippen LogP contribution in [0.5, 0.6) is 0 Å². The molecule has 0 spiro atoms. The Labute approximate surface area is 79.1 Å². The zero-order chi connectivity index (χ0) is 8.27. The Hall–Kier alpha value is -0.0500. The van der Waals surface area contributed by atoms with Gasteiger partial charge in [-0.15, -0.1) is 11.6 Å². The molecule has 2 unspecified atom stereocenters. The second kappa shape index (κ2) is 4.10. The molecule has 60 valence electrons. The summed E-state index contributed by atoms with van der Waals surface area (Å²) in [6, 6.07) is 9.30. The van der Waals surface area contributed by atoms with E-state index < -0.39 is 10.4 Å². The maximum Gasteiger partial charge on any atom is 0.119 e. The van der Waals surface area contributed by atoms with E-state index in [4.69, 9.17) is 11.6 Å². The standard InChI is InChI=1S/C8H8BrClO/c9-8(10)7(11)6-4-2-1-3-5-6/h1-5,7-8,11H. The summed E-state index contributed by atoms with van der Waals surface area (Å²) in [7, 11) is 0. The normalized spacial score (nSPS) is 15.9. The van der Waals surface area contributed by atoms with Gasteiger partial charge in [-0.3, -0.25) is 0 Å². The SMILES string of the molecule is OC(c1ccccc1)C(Cl)Br. The molecule has 0 saturated heterocycles. The minimum atomic E-state index is -0.641. The molecule has 0 aromatic heterocycles. The molecule has 0 aliphatic carbocycles. The van der Waals surface area contributed by atoms with Crippen molar-refractivity contribution in [2.45, 2.75) is 10.4 Å². The number of benzene rings is 1. The van der Waals surface area contributed by atoms with Gasteiger partial charge in [0.05, 0.1) is 0 Å². The van der Waals surface area contributed by atoms with Crippen molar-refractivity contribution in [3.63, 3.8) is 0 Å². The van der Waals surface area contributed by atoms with Crippen LogP contribution in [0.25, 0.3) is 0 Å². The Balaban J connectivity index is 2.77. The Morgan fingerprint density at radius 3 is 2.27 bits per heavy atom. The van der Waals surface area contributed by atoms with Crippen LogP contribution in [0.15, 0.2) is 30.3 Å². The minimum absolute atomic E-state index is 0.426. The first kappa shape index (κ1) is 9.04. The third kappa shape index (κ3) is 2.47. The molecule has 1 nitrogen and oxygen atoms in total. The summed E-state index contributed by atoms with van der Waals surface area (Å²) in [6.07, 6.45) is -0.641. The van der Waals surface area contributed by atoms with E-state index in [9.17, 15) is 5.11 Å². The van der Waals surface area contributed by atoms with Crippen LogP contribution in [-0.4, -0.2) is 9.39 Å². The van der Waals surface area contributed by atoms with Crippen LogP contribution in [0.2, 0.25) is 0 Å². The van der Waals surface area contributed by atoms with Crippen LogP contribution in [-0.2, 0) is 0 Å². The highest BCUT2D eigenvalue weighted by molar-refractivity contribution is 9.10.